The van der Waals surface area contributed by atoms with Crippen molar-refractivity contribution in [1.82, 2.24) is 19.3 Å². The number of nitrogens with zero attached hydrogens (tertiary/aromatic N) is 4. The number of benzene rings is 1. The molecule has 0 saturated heterocycles. The lowest BCUT2D eigenvalue weighted by molar-refractivity contribution is 0.0472. The summed E-state index contributed by atoms with van der Waals surface area (Å²) in [5, 5.41) is 5.53. The molecule has 0 unspecified atom stereocenters. The molecule has 0 saturated carbocycles. The van der Waals surface area contributed by atoms with Crippen molar-refractivity contribution < 1.29 is 9.53 Å². The largest absolute Gasteiger partial charge is 0.457 e. The maximum Gasteiger partial charge on any atom is 0.338 e. The van der Waals surface area contributed by atoms with E-state index in [-0.39, 0.29) is 6.61 Å². The van der Waals surface area contributed by atoms with Gasteiger partial charge in [-0.25, -0.2) is 9.78 Å². The Bertz CT molecular complexity index is 919. The second-order valence-corrected chi connectivity index (χ2v) is 6.52. The van der Waals surface area contributed by atoms with E-state index >= 15 is 0 Å². The quantitative estimate of drug-likeness (QED) is 0.502. The van der Waals surface area contributed by atoms with E-state index in [1.807, 2.05) is 36.1 Å². The first-order valence-corrected chi connectivity index (χ1v) is 9.14. The molecule has 8 heteroatoms. The van der Waals surface area contributed by atoms with Crippen molar-refractivity contribution in [3.05, 3.63) is 58.6 Å². The number of aromatic nitrogens is 4. The van der Waals surface area contributed by atoms with Crippen molar-refractivity contribution >= 4 is 29.3 Å². The standard InChI is InChI=1S/C17H17ClN4O2S/c1-11-14(15(18)21(2)20-11)10-24-16(23)12-5-4-6-13(9-12)22-8-7-19-17(22)25-3/h4-9H,10H2,1-3H3. The van der Waals surface area contributed by atoms with E-state index in [9.17, 15) is 4.79 Å². The third-order valence-corrected chi connectivity index (χ3v) is 4.91. The monoisotopic (exact) mass is 376 g/mol. The average molecular weight is 377 g/mol. The molecular weight excluding hydrogens is 360 g/mol. The molecule has 2 heterocycles. The van der Waals surface area contributed by atoms with E-state index < -0.39 is 5.97 Å². The van der Waals surface area contributed by atoms with Gasteiger partial charge in [-0.1, -0.05) is 29.4 Å². The number of halogens is 1. The second-order valence-electron chi connectivity index (χ2n) is 5.39. The Morgan fingerprint density at radius 2 is 2.20 bits per heavy atom. The molecule has 0 spiro atoms. The van der Waals surface area contributed by atoms with Gasteiger partial charge in [0, 0.05) is 30.7 Å². The minimum atomic E-state index is -0.410. The Morgan fingerprint density at radius 3 is 2.88 bits per heavy atom. The van der Waals surface area contributed by atoms with Crippen LogP contribution in [0, 0.1) is 6.92 Å². The molecule has 2 aromatic heterocycles. The van der Waals surface area contributed by atoms with Crippen LogP contribution < -0.4 is 0 Å². The van der Waals surface area contributed by atoms with Gasteiger partial charge in [-0.3, -0.25) is 9.25 Å². The Balaban J connectivity index is 1.78. The molecule has 0 aliphatic carbocycles. The van der Waals surface area contributed by atoms with Gasteiger partial charge >= 0.3 is 5.97 Å². The normalized spacial score (nSPS) is 10.9. The van der Waals surface area contributed by atoms with Crippen molar-refractivity contribution in [2.45, 2.75) is 18.7 Å². The summed E-state index contributed by atoms with van der Waals surface area (Å²) in [6, 6.07) is 7.24. The molecule has 0 aliphatic rings. The van der Waals surface area contributed by atoms with Crippen molar-refractivity contribution in [2.75, 3.05) is 6.26 Å². The van der Waals surface area contributed by atoms with Gasteiger partial charge < -0.3 is 4.74 Å². The Morgan fingerprint density at radius 1 is 1.40 bits per heavy atom. The zero-order valence-corrected chi connectivity index (χ0v) is 15.6. The van der Waals surface area contributed by atoms with Crippen LogP contribution in [0.25, 0.3) is 5.69 Å². The molecule has 0 N–H and O–H groups in total. The van der Waals surface area contributed by atoms with Gasteiger partial charge in [-0.05, 0) is 31.4 Å². The van der Waals surface area contributed by atoms with Crippen molar-refractivity contribution in [2.24, 2.45) is 7.05 Å². The van der Waals surface area contributed by atoms with Gasteiger partial charge in [0.2, 0.25) is 0 Å². The van der Waals surface area contributed by atoms with E-state index in [1.165, 1.54) is 11.8 Å². The lowest BCUT2D eigenvalue weighted by atomic mass is 10.2. The van der Waals surface area contributed by atoms with Crippen LogP contribution in [0.2, 0.25) is 5.15 Å². The van der Waals surface area contributed by atoms with Crippen molar-refractivity contribution in [3.63, 3.8) is 0 Å². The third kappa shape index (κ3) is 3.57. The fourth-order valence-corrected chi connectivity index (χ4v) is 3.24. The van der Waals surface area contributed by atoms with Gasteiger partial charge in [0.15, 0.2) is 5.16 Å². The predicted octanol–water partition coefficient (Wildman–Crippen LogP) is 3.65. The summed E-state index contributed by atoms with van der Waals surface area (Å²) >= 11 is 7.70. The molecule has 130 valence electrons. The molecule has 0 radical (unpaired) electrons. The number of thioether (sulfide) groups is 1. The molecule has 3 aromatic rings. The van der Waals surface area contributed by atoms with Gasteiger partial charge in [0.05, 0.1) is 11.3 Å². The highest BCUT2D eigenvalue weighted by molar-refractivity contribution is 7.98. The first kappa shape index (κ1) is 17.6. The number of rotatable bonds is 5. The number of hydrogen-bond donors (Lipinski definition) is 0. The van der Waals surface area contributed by atoms with Gasteiger partial charge in [0.1, 0.15) is 11.8 Å². The van der Waals surface area contributed by atoms with E-state index in [4.69, 9.17) is 16.3 Å². The maximum atomic E-state index is 12.4. The number of ether oxygens (including phenoxy) is 1. The van der Waals surface area contributed by atoms with Crippen LogP contribution in [0.5, 0.6) is 0 Å². The highest BCUT2D eigenvalue weighted by Crippen LogP contribution is 2.21. The zero-order valence-electron chi connectivity index (χ0n) is 14.1. The lowest BCUT2D eigenvalue weighted by Gasteiger charge is -2.09. The number of esters is 1. The minimum absolute atomic E-state index is 0.0860. The summed E-state index contributed by atoms with van der Waals surface area (Å²) in [7, 11) is 1.75. The summed E-state index contributed by atoms with van der Waals surface area (Å²) < 4.78 is 8.89. The number of carbonyl (C=O) groups excluding carboxylic acids is 1. The van der Waals surface area contributed by atoms with Gasteiger partial charge in [-0.15, -0.1) is 0 Å². The summed E-state index contributed by atoms with van der Waals surface area (Å²) in [4.78, 5) is 16.7. The number of hydrogen-bond acceptors (Lipinski definition) is 5. The van der Waals surface area contributed by atoms with Crippen LogP contribution in [0.1, 0.15) is 21.6 Å². The number of aryl methyl sites for hydroxylation is 2. The molecular formula is C17H17ClN4O2S. The smallest absolute Gasteiger partial charge is 0.338 e. The Kier molecular flexibility index (Phi) is 5.15. The van der Waals surface area contributed by atoms with E-state index in [2.05, 4.69) is 10.1 Å². The van der Waals surface area contributed by atoms with Gasteiger partial charge in [0.25, 0.3) is 0 Å². The molecule has 1 aromatic carbocycles. The molecule has 3 rings (SSSR count). The number of carbonyl (C=O) groups is 1. The minimum Gasteiger partial charge on any atom is -0.457 e. The molecule has 0 bridgehead atoms. The highest BCUT2D eigenvalue weighted by atomic mass is 35.5. The number of imidazole rings is 1. The molecule has 0 aliphatic heterocycles. The highest BCUT2D eigenvalue weighted by Gasteiger charge is 2.15. The van der Waals surface area contributed by atoms with E-state index in [0.717, 1.165) is 16.5 Å². The topological polar surface area (TPSA) is 61.9 Å². The second kappa shape index (κ2) is 7.33. The van der Waals surface area contributed by atoms with E-state index in [0.29, 0.717) is 16.3 Å². The van der Waals surface area contributed by atoms with Crippen LogP contribution in [-0.4, -0.2) is 31.6 Å². The zero-order chi connectivity index (χ0) is 18.0. The van der Waals surface area contributed by atoms with Crippen LogP contribution >= 0.6 is 23.4 Å². The molecule has 25 heavy (non-hydrogen) atoms. The summed E-state index contributed by atoms with van der Waals surface area (Å²) in [6.07, 6.45) is 5.54. The Labute approximate surface area is 154 Å². The first-order valence-electron chi connectivity index (χ1n) is 7.54. The summed E-state index contributed by atoms with van der Waals surface area (Å²) in [5.41, 5.74) is 2.79. The molecule has 0 atom stereocenters. The van der Waals surface area contributed by atoms with Crippen LogP contribution in [-0.2, 0) is 18.4 Å². The van der Waals surface area contributed by atoms with Crippen LogP contribution in [0.15, 0.2) is 41.8 Å². The van der Waals surface area contributed by atoms with Crippen molar-refractivity contribution in [3.8, 4) is 5.69 Å². The molecule has 6 nitrogen and oxygen atoms in total. The SMILES string of the molecule is CSc1nccn1-c1cccc(C(=O)OCc2c(C)nn(C)c2Cl)c1. The molecule has 0 fully saturated rings. The predicted molar refractivity (Wildman–Crippen MR) is 97.4 cm³/mol. The average Bonchev–Trinajstić information content (AvgIpc) is 3.18. The fourth-order valence-electron chi connectivity index (χ4n) is 2.48. The van der Waals surface area contributed by atoms with Crippen molar-refractivity contribution in [1.29, 1.82) is 0 Å². The third-order valence-electron chi connectivity index (χ3n) is 3.77. The van der Waals surface area contributed by atoms with E-state index in [1.54, 1.807) is 30.1 Å². The van der Waals surface area contributed by atoms with Crippen LogP contribution in [0.4, 0.5) is 0 Å². The first-order chi connectivity index (χ1) is 12.0. The fraction of sp³-hybridized carbons (Fsp3) is 0.235. The summed E-state index contributed by atoms with van der Waals surface area (Å²) in [5.74, 6) is -0.410. The Hall–Kier alpha value is -2.25. The van der Waals surface area contributed by atoms with Gasteiger partial charge in [-0.2, -0.15) is 5.10 Å². The lowest BCUT2D eigenvalue weighted by Crippen LogP contribution is -2.07. The molecule has 0 amide bonds. The van der Waals surface area contributed by atoms with Crippen LogP contribution in [0.3, 0.4) is 0 Å². The maximum absolute atomic E-state index is 12.4. The summed E-state index contributed by atoms with van der Waals surface area (Å²) in [6.45, 7) is 1.92.